The maximum atomic E-state index is 12.6. The first-order valence-electron chi connectivity index (χ1n) is 8.40. The average molecular weight is 313 g/mol. The molecular weight excluding hydrogens is 282 g/mol. The molecule has 0 heterocycles. The van der Waals surface area contributed by atoms with Crippen LogP contribution in [0.5, 0.6) is 0 Å². The lowest BCUT2D eigenvalue weighted by atomic mass is 9.80. The van der Waals surface area contributed by atoms with Gasteiger partial charge in [0.05, 0.1) is 12.5 Å². The molecule has 0 spiro atoms. The highest BCUT2D eigenvalue weighted by Gasteiger charge is 2.40. The van der Waals surface area contributed by atoms with Crippen molar-refractivity contribution in [1.82, 2.24) is 10.6 Å². The number of hydrogen-bond acceptors (Lipinski definition) is 4. The van der Waals surface area contributed by atoms with Crippen molar-refractivity contribution in [2.45, 2.75) is 69.9 Å². The molecule has 1 aliphatic rings. The summed E-state index contributed by atoms with van der Waals surface area (Å²) in [6.07, 6.45) is 6.33. The van der Waals surface area contributed by atoms with Crippen molar-refractivity contribution in [3.63, 3.8) is 0 Å². The lowest BCUT2D eigenvalue weighted by Gasteiger charge is -2.37. The molecule has 0 radical (unpaired) electrons. The number of nitrogens with two attached hydrogens (primary N) is 1. The van der Waals surface area contributed by atoms with Gasteiger partial charge < -0.3 is 21.1 Å². The van der Waals surface area contributed by atoms with E-state index in [-0.39, 0.29) is 24.3 Å². The lowest BCUT2D eigenvalue weighted by Crippen LogP contribution is -2.60. The second-order valence-electron chi connectivity index (χ2n) is 6.10. The van der Waals surface area contributed by atoms with Crippen molar-refractivity contribution in [3.8, 4) is 0 Å². The van der Waals surface area contributed by atoms with Crippen LogP contribution in [0.2, 0.25) is 0 Å². The van der Waals surface area contributed by atoms with Crippen LogP contribution in [0.25, 0.3) is 0 Å². The SMILES string of the molecule is CCCCNC(=O)C1(NC(=O)CC(CN)OC)CCCCC1. The van der Waals surface area contributed by atoms with E-state index in [1.807, 2.05) is 0 Å². The number of amides is 2. The summed E-state index contributed by atoms with van der Waals surface area (Å²) in [5, 5.41) is 5.94. The fourth-order valence-electron chi connectivity index (χ4n) is 2.90. The maximum Gasteiger partial charge on any atom is 0.245 e. The van der Waals surface area contributed by atoms with Crippen LogP contribution in [-0.2, 0) is 14.3 Å². The summed E-state index contributed by atoms with van der Waals surface area (Å²) in [5.74, 6) is -0.208. The van der Waals surface area contributed by atoms with Crippen molar-refractivity contribution < 1.29 is 14.3 Å². The molecule has 22 heavy (non-hydrogen) atoms. The molecule has 1 aliphatic carbocycles. The molecule has 0 aliphatic heterocycles. The fourth-order valence-corrected chi connectivity index (χ4v) is 2.90. The number of methoxy groups -OCH3 is 1. The van der Waals surface area contributed by atoms with Crippen LogP contribution < -0.4 is 16.4 Å². The van der Waals surface area contributed by atoms with Gasteiger partial charge in [0.1, 0.15) is 5.54 Å². The highest BCUT2D eigenvalue weighted by atomic mass is 16.5. The van der Waals surface area contributed by atoms with Crippen molar-refractivity contribution >= 4 is 11.8 Å². The van der Waals surface area contributed by atoms with E-state index < -0.39 is 5.54 Å². The Kier molecular flexibility index (Phi) is 8.42. The number of carbonyl (C=O) groups excluding carboxylic acids is 2. The van der Waals surface area contributed by atoms with Gasteiger partial charge in [-0.25, -0.2) is 0 Å². The van der Waals surface area contributed by atoms with E-state index in [1.54, 1.807) is 7.11 Å². The zero-order valence-corrected chi connectivity index (χ0v) is 14.0. The first-order chi connectivity index (χ1) is 10.6. The Balaban J connectivity index is 2.66. The van der Waals surface area contributed by atoms with Crippen LogP contribution in [-0.4, -0.2) is 43.7 Å². The van der Waals surface area contributed by atoms with E-state index in [4.69, 9.17) is 10.5 Å². The van der Waals surface area contributed by atoms with Gasteiger partial charge in [-0.05, 0) is 19.3 Å². The molecule has 4 N–H and O–H groups in total. The summed E-state index contributed by atoms with van der Waals surface area (Å²) in [6, 6.07) is 0. The zero-order valence-electron chi connectivity index (χ0n) is 14.0. The Morgan fingerprint density at radius 3 is 2.50 bits per heavy atom. The average Bonchev–Trinajstić information content (AvgIpc) is 2.53. The van der Waals surface area contributed by atoms with Gasteiger partial charge in [0.25, 0.3) is 0 Å². The predicted octanol–water partition coefficient (Wildman–Crippen LogP) is 1.09. The molecule has 128 valence electrons. The van der Waals surface area contributed by atoms with Gasteiger partial charge >= 0.3 is 0 Å². The van der Waals surface area contributed by atoms with E-state index in [0.717, 1.165) is 32.1 Å². The Bertz CT molecular complexity index is 351. The normalized spacial score (nSPS) is 18.5. The molecule has 0 aromatic heterocycles. The molecule has 0 saturated heterocycles. The van der Waals surface area contributed by atoms with Crippen molar-refractivity contribution in [3.05, 3.63) is 0 Å². The molecular formula is C16H31N3O3. The molecule has 1 saturated carbocycles. The molecule has 1 fully saturated rings. The van der Waals surface area contributed by atoms with Crippen molar-refractivity contribution in [2.24, 2.45) is 5.73 Å². The number of unbranched alkanes of at least 4 members (excludes halogenated alkanes) is 1. The Hall–Kier alpha value is -1.14. The summed E-state index contributed by atoms with van der Waals surface area (Å²) in [5.41, 5.74) is 4.80. The molecule has 6 nitrogen and oxygen atoms in total. The summed E-state index contributed by atoms with van der Waals surface area (Å²) in [6.45, 7) is 3.04. The summed E-state index contributed by atoms with van der Waals surface area (Å²) >= 11 is 0. The van der Waals surface area contributed by atoms with Crippen LogP contribution in [0.1, 0.15) is 58.3 Å². The third-order valence-electron chi connectivity index (χ3n) is 4.35. The van der Waals surface area contributed by atoms with E-state index in [0.29, 0.717) is 25.9 Å². The van der Waals surface area contributed by atoms with E-state index in [2.05, 4.69) is 17.6 Å². The minimum atomic E-state index is -0.754. The second-order valence-corrected chi connectivity index (χ2v) is 6.10. The minimum Gasteiger partial charge on any atom is -0.380 e. The first-order valence-corrected chi connectivity index (χ1v) is 8.40. The van der Waals surface area contributed by atoms with Gasteiger partial charge in [-0.15, -0.1) is 0 Å². The van der Waals surface area contributed by atoms with Crippen LogP contribution in [0.4, 0.5) is 0 Å². The quantitative estimate of drug-likeness (QED) is 0.555. The van der Waals surface area contributed by atoms with E-state index in [9.17, 15) is 9.59 Å². The summed E-state index contributed by atoms with van der Waals surface area (Å²) in [7, 11) is 1.54. The van der Waals surface area contributed by atoms with Crippen molar-refractivity contribution in [1.29, 1.82) is 0 Å². The number of ether oxygens (including phenoxy) is 1. The van der Waals surface area contributed by atoms with Crippen molar-refractivity contribution in [2.75, 3.05) is 20.2 Å². The molecule has 6 heteroatoms. The number of carbonyl (C=O) groups is 2. The van der Waals surface area contributed by atoms with Crippen LogP contribution >= 0.6 is 0 Å². The number of rotatable bonds is 9. The number of hydrogen-bond donors (Lipinski definition) is 3. The Morgan fingerprint density at radius 1 is 1.27 bits per heavy atom. The summed E-state index contributed by atoms with van der Waals surface area (Å²) < 4.78 is 5.15. The topological polar surface area (TPSA) is 93.5 Å². The molecule has 1 unspecified atom stereocenters. The third-order valence-corrected chi connectivity index (χ3v) is 4.35. The third kappa shape index (κ3) is 5.57. The Morgan fingerprint density at radius 2 is 1.95 bits per heavy atom. The molecule has 2 amide bonds. The highest BCUT2D eigenvalue weighted by Crippen LogP contribution is 2.28. The largest absolute Gasteiger partial charge is 0.380 e. The monoisotopic (exact) mass is 313 g/mol. The molecule has 0 aromatic carbocycles. The molecule has 1 rings (SSSR count). The van der Waals surface area contributed by atoms with Gasteiger partial charge in [0.15, 0.2) is 0 Å². The standard InChI is InChI=1S/C16H31N3O3/c1-3-4-10-18-15(21)16(8-6-5-7-9-16)19-14(20)11-13(12-17)22-2/h13H,3-12,17H2,1-2H3,(H,18,21)(H,19,20). The van der Waals surface area contributed by atoms with E-state index >= 15 is 0 Å². The molecule has 0 aromatic rings. The van der Waals surface area contributed by atoms with E-state index in [1.165, 1.54) is 0 Å². The van der Waals surface area contributed by atoms with Gasteiger partial charge in [-0.1, -0.05) is 32.6 Å². The second kappa shape index (κ2) is 9.79. The number of nitrogens with one attached hydrogen (secondary N) is 2. The van der Waals surface area contributed by atoms with Gasteiger partial charge in [0.2, 0.25) is 11.8 Å². The lowest BCUT2D eigenvalue weighted by molar-refractivity contribution is -0.136. The summed E-state index contributed by atoms with van der Waals surface area (Å²) in [4.78, 5) is 24.8. The smallest absolute Gasteiger partial charge is 0.245 e. The maximum absolute atomic E-state index is 12.6. The first kappa shape index (κ1) is 18.9. The van der Waals surface area contributed by atoms with Crippen LogP contribution in [0, 0.1) is 0 Å². The van der Waals surface area contributed by atoms with Gasteiger partial charge in [-0.2, -0.15) is 0 Å². The minimum absolute atomic E-state index is 0.0456. The molecule has 0 bridgehead atoms. The van der Waals surface area contributed by atoms with Gasteiger partial charge in [-0.3, -0.25) is 9.59 Å². The van der Waals surface area contributed by atoms with Crippen LogP contribution in [0.15, 0.2) is 0 Å². The highest BCUT2D eigenvalue weighted by molar-refractivity contribution is 5.91. The Labute approximate surface area is 133 Å². The predicted molar refractivity (Wildman–Crippen MR) is 86.3 cm³/mol. The van der Waals surface area contributed by atoms with Crippen LogP contribution in [0.3, 0.4) is 0 Å². The zero-order chi connectivity index (χ0) is 16.4. The fraction of sp³-hybridized carbons (Fsp3) is 0.875. The van der Waals surface area contributed by atoms with Gasteiger partial charge in [0, 0.05) is 20.2 Å². The molecule has 1 atom stereocenters.